The second-order valence-electron chi connectivity index (χ2n) is 6.91. The highest BCUT2D eigenvalue weighted by Gasteiger charge is 2.29. The van der Waals surface area contributed by atoms with Crippen LogP contribution in [0.4, 0.5) is 4.39 Å². The number of rotatable bonds is 5. The second-order valence-corrected chi connectivity index (χ2v) is 8.85. The standard InChI is InChI=1S/C20H23FN2O3S/c1-15-6-5-11-23(14-15)27(25,26)18-9-4-8-16(12-18)20(24)22-13-17-7-2-3-10-19(17)21/h2-4,7-10,12,15H,5-6,11,13-14H2,1H3,(H,22,24). The molecular weight excluding hydrogens is 367 g/mol. The summed E-state index contributed by atoms with van der Waals surface area (Å²) >= 11 is 0. The van der Waals surface area contributed by atoms with Crippen molar-refractivity contribution in [2.45, 2.75) is 31.2 Å². The smallest absolute Gasteiger partial charge is 0.251 e. The number of carbonyl (C=O) groups excluding carboxylic acids is 1. The Balaban J connectivity index is 1.74. The average molecular weight is 390 g/mol. The molecule has 1 unspecified atom stereocenters. The molecule has 1 atom stereocenters. The van der Waals surface area contributed by atoms with Gasteiger partial charge in [0, 0.05) is 30.8 Å². The molecule has 0 radical (unpaired) electrons. The van der Waals surface area contributed by atoms with E-state index in [1.807, 2.05) is 6.92 Å². The van der Waals surface area contributed by atoms with Gasteiger partial charge in [-0.2, -0.15) is 4.31 Å². The Morgan fingerprint density at radius 1 is 1.22 bits per heavy atom. The maximum absolute atomic E-state index is 13.7. The van der Waals surface area contributed by atoms with Gasteiger partial charge < -0.3 is 5.32 Å². The fourth-order valence-electron chi connectivity index (χ4n) is 3.23. The number of nitrogens with zero attached hydrogens (tertiary/aromatic N) is 1. The van der Waals surface area contributed by atoms with Gasteiger partial charge in [-0.3, -0.25) is 4.79 Å². The number of carbonyl (C=O) groups is 1. The summed E-state index contributed by atoms with van der Waals surface area (Å²) in [5, 5.41) is 2.63. The molecule has 144 valence electrons. The number of hydrogen-bond acceptors (Lipinski definition) is 3. The molecule has 2 aromatic rings. The van der Waals surface area contributed by atoms with Gasteiger partial charge in [0.2, 0.25) is 10.0 Å². The van der Waals surface area contributed by atoms with Crippen LogP contribution >= 0.6 is 0 Å². The maximum atomic E-state index is 13.7. The lowest BCUT2D eigenvalue weighted by Gasteiger charge is -2.30. The minimum Gasteiger partial charge on any atom is -0.348 e. The van der Waals surface area contributed by atoms with Crippen molar-refractivity contribution in [1.29, 1.82) is 0 Å². The number of benzene rings is 2. The van der Waals surface area contributed by atoms with Crippen LogP contribution in [0.25, 0.3) is 0 Å². The van der Waals surface area contributed by atoms with Gasteiger partial charge in [0.25, 0.3) is 5.91 Å². The molecule has 3 rings (SSSR count). The van der Waals surface area contributed by atoms with Gasteiger partial charge in [0.15, 0.2) is 0 Å². The molecule has 0 aromatic heterocycles. The van der Waals surface area contributed by atoms with Gasteiger partial charge in [-0.25, -0.2) is 12.8 Å². The number of piperidine rings is 1. The number of halogens is 1. The summed E-state index contributed by atoms with van der Waals surface area (Å²) in [4.78, 5) is 12.5. The van der Waals surface area contributed by atoms with Crippen LogP contribution in [0.3, 0.4) is 0 Å². The highest BCUT2D eigenvalue weighted by atomic mass is 32.2. The van der Waals surface area contributed by atoms with E-state index >= 15 is 0 Å². The number of nitrogens with one attached hydrogen (secondary N) is 1. The fraction of sp³-hybridized carbons (Fsp3) is 0.350. The Kier molecular flexibility index (Phi) is 5.92. The fourth-order valence-corrected chi connectivity index (χ4v) is 4.88. The molecule has 1 saturated heterocycles. The first-order valence-electron chi connectivity index (χ1n) is 9.00. The molecule has 1 aliphatic heterocycles. The third kappa shape index (κ3) is 4.54. The lowest BCUT2D eigenvalue weighted by molar-refractivity contribution is 0.0950. The van der Waals surface area contributed by atoms with Crippen molar-refractivity contribution in [2.24, 2.45) is 5.92 Å². The van der Waals surface area contributed by atoms with Gasteiger partial charge in [0.1, 0.15) is 5.82 Å². The average Bonchev–Trinajstić information content (AvgIpc) is 2.67. The maximum Gasteiger partial charge on any atom is 0.251 e. The van der Waals surface area contributed by atoms with Crippen LogP contribution in [0.2, 0.25) is 0 Å². The first-order valence-corrected chi connectivity index (χ1v) is 10.4. The van der Waals surface area contributed by atoms with Gasteiger partial charge in [-0.1, -0.05) is 31.2 Å². The van der Waals surface area contributed by atoms with Gasteiger partial charge in [-0.15, -0.1) is 0 Å². The van der Waals surface area contributed by atoms with Crippen LogP contribution < -0.4 is 5.32 Å². The molecular formula is C20H23FN2O3S. The molecule has 1 N–H and O–H groups in total. The van der Waals surface area contributed by atoms with Crippen molar-refractivity contribution in [3.8, 4) is 0 Å². The Hall–Kier alpha value is -2.25. The molecule has 0 saturated carbocycles. The number of sulfonamides is 1. The van der Waals surface area contributed by atoms with E-state index in [-0.39, 0.29) is 17.0 Å². The van der Waals surface area contributed by atoms with Crippen molar-refractivity contribution in [3.63, 3.8) is 0 Å². The molecule has 1 amide bonds. The summed E-state index contributed by atoms with van der Waals surface area (Å²) in [5.41, 5.74) is 0.606. The van der Waals surface area contributed by atoms with E-state index in [9.17, 15) is 17.6 Å². The third-order valence-corrected chi connectivity index (χ3v) is 6.61. The molecule has 0 aliphatic carbocycles. The molecule has 5 nitrogen and oxygen atoms in total. The zero-order chi connectivity index (χ0) is 19.4. The van der Waals surface area contributed by atoms with E-state index in [0.29, 0.717) is 24.6 Å². The van der Waals surface area contributed by atoms with Crippen LogP contribution in [-0.2, 0) is 16.6 Å². The largest absolute Gasteiger partial charge is 0.348 e. The molecule has 1 heterocycles. The normalized spacial score (nSPS) is 18.2. The summed E-state index contributed by atoms with van der Waals surface area (Å²) in [5.74, 6) is -0.517. The van der Waals surface area contributed by atoms with Crippen LogP contribution in [0.5, 0.6) is 0 Å². The molecule has 7 heteroatoms. The Labute approximate surface area is 159 Å². The van der Waals surface area contributed by atoms with Gasteiger partial charge in [0.05, 0.1) is 4.90 Å². The summed E-state index contributed by atoms with van der Waals surface area (Å²) in [6.07, 6.45) is 1.85. The van der Waals surface area contributed by atoms with Crippen molar-refractivity contribution in [3.05, 3.63) is 65.5 Å². The second kappa shape index (κ2) is 8.19. The van der Waals surface area contributed by atoms with Crippen molar-refractivity contribution >= 4 is 15.9 Å². The van der Waals surface area contributed by atoms with Crippen molar-refractivity contribution < 1.29 is 17.6 Å². The predicted molar refractivity (Wildman–Crippen MR) is 101 cm³/mol. The minimum absolute atomic E-state index is 0.0339. The first kappa shape index (κ1) is 19.5. The van der Waals surface area contributed by atoms with E-state index in [2.05, 4.69) is 5.32 Å². The van der Waals surface area contributed by atoms with Gasteiger partial charge in [-0.05, 0) is 43.0 Å². The number of hydrogen-bond donors (Lipinski definition) is 1. The zero-order valence-electron chi connectivity index (χ0n) is 15.2. The molecule has 27 heavy (non-hydrogen) atoms. The van der Waals surface area contributed by atoms with Crippen molar-refractivity contribution in [2.75, 3.05) is 13.1 Å². The number of amides is 1. The van der Waals surface area contributed by atoms with Crippen LogP contribution in [-0.4, -0.2) is 31.7 Å². The van der Waals surface area contributed by atoms with E-state index in [0.717, 1.165) is 12.8 Å². The molecule has 1 aliphatic rings. The Morgan fingerprint density at radius 2 is 2.00 bits per heavy atom. The topological polar surface area (TPSA) is 66.5 Å². The monoisotopic (exact) mass is 390 g/mol. The summed E-state index contributed by atoms with van der Waals surface area (Å²) in [6, 6.07) is 12.2. The lowest BCUT2D eigenvalue weighted by atomic mass is 10.0. The van der Waals surface area contributed by atoms with E-state index in [1.54, 1.807) is 30.3 Å². The summed E-state index contributed by atoms with van der Waals surface area (Å²) in [6.45, 7) is 3.06. The zero-order valence-corrected chi connectivity index (χ0v) is 16.0. The van der Waals surface area contributed by atoms with Crippen molar-refractivity contribution in [1.82, 2.24) is 9.62 Å². The highest BCUT2D eigenvalue weighted by molar-refractivity contribution is 7.89. The van der Waals surface area contributed by atoms with Crippen LogP contribution in [0, 0.1) is 11.7 Å². The SMILES string of the molecule is CC1CCCN(S(=O)(=O)c2cccc(C(=O)NCc3ccccc3F)c2)C1. The summed E-state index contributed by atoms with van der Waals surface area (Å²) < 4.78 is 40.9. The van der Waals surface area contributed by atoms with E-state index in [4.69, 9.17) is 0 Å². The lowest BCUT2D eigenvalue weighted by Crippen LogP contribution is -2.39. The van der Waals surface area contributed by atoms with E-state index in [1.165, 1.54) is 22.5 Å². The molecule has 1 fully saturated rings. The third-order valence-electron chi connectivity index (χ3n) is 4.75. The van der Waals surface area contributed by atoms with Crippen LogP contribution in [0.15, 0.2) is 53.4 Å². The molecule has 0 bridgehead atoms. The summed E-state index contributed by atoms with van der Waals surface area (Å²) in [7, 11) is -3.63. The molecule has 2 aromatic carbocycles. The van der Waals surface area contributed by atoms with Crippen LogP contribution in [0.1, 0.15) is 35.7 Å². The Morgan fingerprint density at radius 3 is 2.74 bits per heavy atom. The minimum atomic E-state index is -3.63. The molecule has 0 spiro atoms. The highest BCUT2D eigenvalue weighted by Crippen LogP contribution is 2.24. The first-order chi connectivity index (χ1) is 12.9. The van der Waals surface area contributed by atoms with Gasteiger partial charge >= 0.3 is 0 Å². The Bertz CT molecular complexity index is 930. The van der Waals surface area contributed by atoms with E-state index < -0.39 is 21.7 Å². The quantitative estimate of drug-likeness (QED) is 0.853. The predicted octanol–water partition coefficient (Wildman–Crippen LogP) is 3.18.